The fraction of sp³-hybridized carbons (Fsp3) is 0.200. The van der Waals surface area contributed by atoms with Crippen LogP contribution < -0.4 is 10.6 Å². The molecule has 15 heavy (non-hydrogen) atoms. The van der Waals surface area contributed by atoms with Crippen LogP contribution in [0.2, 0.25) is 5.02 Å². The standard InChI is InChI=1S/C10H11ClN2O2/c1-12-9(14)6-13-10(15)7-3-2-4-8(11)5-7/h2-5H,6H2,1H3,(H,12,14)(H,13,15). The van der Waals surface area contributed by atoms with Gasteiger partial charge in [0.25, 0.3) is 5.91 Å². The summed E-state index contributed by atoms with van der Waals surface area (Å²) in [6.45, 7) is -0.0398. The lowest BCUT2D eigenvalue weighted by molar-refractivity contribution is -0.119. The van der Waals surface area contributed by atoms with Gasteiger partial charge in [0.2, 0.25) is 5.91 Å². The highest BCUT2D eigenvalue weighted by atomic mass is 35.5. The summed E-state index contributed by atoms with van der Waals surface area (Å²) in [5.41, 5.74) is 0.436. The molecule has 80 valence electrons. The van der Waals surface area contributed by atoms with Gasteiger partial charge in [0.15, 0.2) is 0 Å². The Morgan fingerprint density at radius 3 is 2.73 bits per heavy atom. The third-order valence-electron chi connectivity index (χ3n) is 1.78. The molecule has 0 aromatic heterocycles. The van der Waals surface area contributed by atoms with E-state index in [2.05, 4.69) is 10.6 Å². The van der Waals surface area contributed by atoms with Crippen LogP contribution in [-0.2, 0) is 4.79 Å². The molecule has 0 radical (unpaired) electrons. The number of rotatable bonds is 3. The Balaban J connectivity index is 2.58. The molecule has 0 atom stereocenters. The van der Waals surface area contributed by atoms with Crippen LogP contribution in [0.1, 0.15) is 10.4 Å². The first kappa shape index (κ1) is 11.5. The van der Waals surface area contributed by atoms with Crippen LogP contribution in [0.25, 0.3) is 0 Å². The van der Waals surface area contributed by atoms with Crippen molar-refractivity contribution < 1.29 is 9.59 Å². The van der Waals surface area contributed by atoms with Crippen molar-refractivity contribution in [3.8, 4) is 0 Å². The van der Waals surface area contributed by atoms with E-state index in [1.54, 1.807) is 24.3 Å². The lowest BCUT2D eigenvalue weighted by Crippen LogP contribution is -2.35. The van der Waals surface area contributed by atoms with Crippen LogP contribution in [0.4, 0.5) is 0 Å². The second kappa shape index (κ2) is 5.36. The van der Waals surface area contributed by atoms with Gasteiger partial charge >= 0.3 is 0 Å². The predicted molar refractivity (Wildman–Crippen MR) is 57.9 cm³/mol. The van der Waals surface area contributed by atoms with E-state index in [0.29, 0.717) is 10.6 Å². The summed E-state index contributed by atoms with van der Waals surface area (Å²) in [5, 5.41) is 5.36. The molecular formula is C10H11ClN2O2. The van der Waals surface area contributed by atoms with Crippen LogP contribution in [0.3, 0.4) is 0 Å². The van der Waals surface area contributed by atoms with Gasteiger partial charge < -0.3 is 10.6 Å². The zero-order valence-electron chi connectivity index (χ0n) is 8.21. The van der Waals surface area contributed by atoms with E-state index in [9.17, 15) is 9.59 Å². The molecule has 0 bridgehead atoms. The summed E-state index contributed by atoms with van der Waals surface area (Å²) in [6.07, 6.45) is 0. The third kappa shape index (κ3) is 3.59. The minimum absolute atomic E-state index is 0.0398. The molecule has 1 rings (SSSR count). The van der Waals surface area contributed by atoms with E-state index >= 15 is 0 Å². The maximum absolute atomic E-state index is 11.5. The van der Waals surface area contributed by atoms with E-state index in [1.165, 1.54) is 7.05 Å². The maximum Gasteiger partial charge on any atom is 0.251 e. The number of carbonyl (C=O) groups is 2. The van der Waals surface area contributed by atoms with Crippen molar-refractivity contribution in [1.29, 1.82) is 0 Å². The molecule has 5 heteroatoms. The quantitative estimate of drug-likeness (QED) is 0.802. The van der Waals surface area contributed by atoms with E-state index in [-0.39, 0.29) is 18.4 Å². The molecule has 0 aliphatic heterocycles. The van der Waals surface area contributed by atoms with Gasteiger partial charge in [-0.3, -0.25) is 9.59 Å². The maximum atomic E-state index is 11.5. The minimum atomic E-state index is -0.318. The van der Waals surface area contributed by atoms with Crippen LogP contribution in [0, 0.1) is 0 Å². The zero-order valence-corrected chi connectivity index (χ0v) is 8.97. The molecule has 0 heterocycles. The molecular weight excluding hydrogens is 216 g/mol. The van der Waals surface area contributed by atoms with Crippen molar-refractivity contribution in [2.45, 2.75) is 0 Å². The number of hydrogen-bond acceptors (Lipinski definition) is 2. The smallest absolute Gasteiger partial charge is 0.251 e. The highest BCUT2D eigenvalue weighted by Gasteiger charge is 2.06. The number of halogens is 1. The number of carbonyl (C=O) groups excluding carboxylic acids is 2. The lowest BCUT2D eigenvalue weighted by atomic mass is 10.2. The molecule has 0 aliphatic carbocycles. The van der Waals surface area contributed by atoms with Gasteiger partial charge in [-0.25, -0.2) is 0 Å². The Bertz CT molecular complexity index is 379. The van der Waals surface area contributed by atoms with E-state index in [0.717, 1.165) is 0 Å². The second-order valence-electron chi connectivity index (χ2n) is 2.87. The van der Waals surface area contributed by atoms with Gasteiger partial charge in [-0.05, 0) is 18.2 Å². The Kier molecular flexibility index (Phi) is 4.12. The molecule has 2 N–H and O–H groups in total. The summed E-state index contributed by atoms with van der Waals surface area (Å²) < 4.78 is 0. The fourth-order valence-corrected chi connectivity index (χ4v) is 1.17. The number of hydrogen-bond donors (Lipinski definition) is 2. The van der Waals surface area contributed by atoms with E-state index in [4.69, 9.17) is 11.6 Å². The van der Waals surface area contributed by atoms with Gasteiger partial charge in [0.05, 0.1) is 6.54 Å². The first-order chi connectivity index (χ1) is 7.13. The first-order valence-corrected chi connectivity index (χ1v) is 4.75. The predicted octanol–water partition coefficient (Wildman–Crippen LogP) is 0.816. The number of nitrogens with one attached hydrogen (secondary N) is 2. The van der Waals surface area contributed by atoms with Crippen LogP contribution in [-0.4, -0.2) is 25.4 Å². The number of amides is 2. The van der Waals surface area contributed by atoms with Crippen molar-refractivity contribution in [2.24, 2.45) is 0 Å². The molecule has 1 aromatic rings. The molecule has 0 saturated carbocycles. The van der Waals surface area contributed by atoms with Crippen molar-refractivity contribution >= 4 is 23.4 Å². The lowest BCUT2D eigenvalue weighted by Gasteiger charge is -2.04. The highest BCUT2D eigenvalue weighted by Crippen LogP contribution is 2.10. The van der Waals surface area contributed by atoms with Crippen LogP contribution >= 0.6 is 11.6 Å². The van der Waals surface area contributed by atoms with Gasteiger partial charge in [0.1, 0.15) is 0 Å². The summed E-state index contributed by atoms with van der Waals surface area (Å²) in [7, 11) is 1.51. The fourth-order valence-electron chi connectivity index (χ4n) is 0.981. The topological polar surface area (TPSA) is 58.2 Å². The molecule has 0 fully saturated rings. The number of likely N-dealkylation sites (N-methyl/N-ethyl adjacent to an activating group) is 1. The summed E-state index contributed by atoms with van der Waals surface area (Å²) in [6, 6.07) is 6.53. The average Bonchev–Trinajstić information content (AvgIpc) is 2.25. The van der Waals surface area contributed by atoms with Crippen molar-refractivity contribution in [2.75, 3.05) is 13.6 Å². The summed E-state index contributed by atoms with van der Waals surface area (Å²) >= 11 is 5.72. The monoisotopic (exact) mass is 226 g/mol. The summed E-state index contributed by atoms with van der Waals surface area (Å²) in [5.74, 6) is -0.563. The van der Waals surface area contributed by atoms with Crippen molar-refractivity contribution in [3.05, 3.63) is 34.9 Å². The Labute approximate surface area is 92.6 Å². The van der Waals surface area contributed by atoms with Gasteiger partial charge in [-0.2, -0.15) is 0 Å². The van der Waals surface area contributed by atoms with Crippen LogP contribution in [0.5, 0.6) is 0 Å². The Morgan fingerprint density at radius 1 is 1.40 bits per heavy atom. The molecule has 0 spiro atoms. The SMILES string of the molecule is CNC(=O)CNC(=O)c1cccc(Cl)c1. The summed E-state index contributed by atoms with van der Waals surface area (Å²) in [4.78, 5) is 22.3. The normalized spacial score (nSPS) is 9.47. The first-order valence-electron chi connectivity index (χ1n) is 4.38. The highest BCUT2D eigenvalue weighted by molar-refractivity contribution is 6.30. The molecule has 1 aromatic carbocycles. The Morgan fingerprint density at radius 2 is 2.13 bits per heavy atom. The number of benzene rings is 1. The minimum Gasteiger partial charge on any atom is -0.358 e. The van der Waals surface area contributed by atoms with Crippen molar-refractivity contribution in [3.63, 3.8) is 0 Å². The van der Waals surface area contributed by atoms with Gasteiger partial charge in [-0.15, -0.1) is 0 Å². The van der Waals surface area contributed by atoms with E-state index < -0.39 is 0 Å². The van der Waals surface area contributed by atoms with Gasteiger partial charge in [-0.1, -0.05) is 17.7 Å². The average molecular weight is 227 g/mol. The van der Waals surface area contributed by atoms with Crippen molar-refractivity contribution in [1.82, 2.24) is 10.6 Å². The molecule has 0 unspecified atom stereocenters. The van der Waals surface area contributed by atoms with Gasteiger partial charge in [0, 0.05) is 17.6 Å². The molecule has 4 nitrogen and oxygen atoms in total. The second-order valence-corrected chi connectivity index (χ2v) is 3.30. The largest absolute Gasteiger partial charge is 0.358 e. The van der Waals surface area contributed by atoms with E-state index in [1.807, 2.05) is 0 Å². The zero-order chi connectivity index (χ0) is 11.3. The molecule has 2 amide bonds. The van der Waals surface area contributed by atoms with Crippen LogP contribution in [0.15, 0.2) is 24.3 Å². The molecule has 0 saturated heterocycles. The molecule has 0 aliphatic rings. The Hall–Kier alpha value is -1.55. The third-order valence-corrected chi connectivity index (χ3v) is 2.01.